The number of nitrogens with one attached hydrogen (secondary N) is 1. The molecule has 1 atom stereocenters. The lowest BCUT2D eigenvalue weighted by molar-refractivity contribution is -0.141. The molecule has 1 aromatic rings. The quantitative estimate of drug-likeness (QED) is 0.646. The highest BCUT2D eigenvalue weighted by molar-refractivity contribution is 7.98. The van der Waals surface area contributed by atoms with Gasteiger partial charge < -0.3 is 15.2 Å². The summed E-state index contributed by atoms with van der Waals surface area (Å²) in [6, 6.07) is 6.88. The van der Waals surface area contributed by atoms with E-state index in [1.54, 1.807) is 11.8 Å². The van der Waals surface area contributed by atoms with Gasteiger partial charge in [0, 0.05) is 6.42 Å². The number of thioether (sulfide) groups is 1. The molecule has 0 aromatic heterocycles. The molecule has 0 saturated heterocycles. The van der Waals surface area contributed by atoms with E-state index < -0.39 is 12.0 Å². The summed E-state index contributed by atoms with van der Waals surface area (Å²) < 4.78 is 5.60. The number of carboxylic acids is 1. The Kier molecular flexibility index (Phi) is 8.43. The summed E-state index contributed by atoms with van der Waals surface area (Å²) in [7, 11) is 0. The number of rotatable bonds is 10. The number of hydrogen-bond donors (Lipinski definition) is 2. The number of benzene rings is 1. The fourth-order valence-corrected chi connectivity index (χ4v) is 2.36. The van der Waals surface area contributed by atoms with Crippen LogP contribution >= 0.6 is 11.8 Å². The Hall–Kier alpha value is -1.69. The molecule has 0 spiro atoms. The molecule has 0 aliphatic rings. The largest absolute Gasteiger partial charge is 0.493 e. The monoisotopic (exact) mass is 325 g/mol. The summed E-state index contributed by atoms with van der Waals surface area (Å²) in [4.78, 5) is 22.8. The van der Waals surface area contributed by atoms with Crippen LogP contribution in [0.2, 0.25) is 0 Å². The first-order valence-corrected chi connectivity index (χ1v) is 8.63. The predicted molar refractivity (Wildman–Crippen MR) is 88.5 cm³/mol. The van der Waals surface area contributed by atoms with E-state index in [4.69, 9.17) is 9.84 Å². The summed E-state index contributed by atoms with van der Waals surface area (Å²) in [6.07, 6.45) is 3.15. The number of hydrogen-bond acceptors (Lipinski definition) is 4. The van der Waals surface area contributed by atoms with Gasteiger partial charge in [0.25, 0.3) is 0 Å². The van der Waals surface area contributed by atoms with Crippen LogP contribution in [0.5, 0.6) is 5.75 Å². The second kappa shape index (κ2) is 10.1. The molecule has 2 N–H and O–H groups in total. The molecular weight excluding hydrogens is 302 g/mol. The van der Waals surface area contributed by atoms with Gasteiger partial charge in [0.1, 0.15) is 11.8 Å². The van der Waals surface area contributed by atoms with E-state index in [2.05, 4.69) is 5.32 Å². The smallest absolute Gasteiger partial charge is 0.326 e. The maximum atomic E-state index is 11.8. The van der Waals surface area contributed by atoms with E-state index in [9.17, 15) is 9.59 Å². The number of aliphatic carboxylic acids is 1. The van der Waals surface area contributed by atoms with Gasteiger partial charge in [0.05, 0.1) is 6.61 Å². The molecule has 6 heteroatoms. The van der Waals surface area contributed by atoms with Crippen molar-refractivity contribution < 1.29 is 19.4 Å². The molecule has 0 bridgehead atoms. The van der Waals surface area contributed by atoms with E-state index in [-0.39, 0.29) is 12.3 Å². The minimum Gasteiger partial charge on any atom is -0.493 e. The highest BCUT2D eigenvalue weighted by Gasteiger charge is 2.18. The Morgan fingerprint density at radius 1 is 1.36 bits per heavy atom. The van der Waals surface area contributed by atoms with Crippen molar-refractivity contribution in [2.45, 2.75) is 32.2 Å². The standard InChI is InChI=1S/C16H23NO4S/c1-12-6-3-4-7-14(12)21-10-5-8-15(18)17-13(16(19)20)9-11-22-2/h3-4,6-7,13H,5,8-11H2,1-2H3,(H,17,18)(H,19,20). The van der Waals surface area contributed by atoms with Crippen LogP contribution in [0.15, 0.2) is 24.3 Å². The highest BCUT2D eigenvalue weighted by Crippen LogP contribution is 2.16. The average molecular weight is 325 g/mol. The van der Waals surface area contributed by atoms with Crippen molar-refractivity contribution in [3.05, 3.63) is 29.8 Å². The fourth-order valence-electron chi connectivity index (χ4n) is 1.89. The lowest BCUT2D eigenvalue weighted by Gasteiger charge is -2.14. The zero-order valence-electron chi connectivity index (χ0n) is 13.0. The minimum atomic E-state index is -0.987. The Morgan fingerprint density at radius 3 is 2.73 bits per heavy atom. The van der Waals surface area contributed by atoms with Gasteiger partial charge in [0.2, 0.25) is 5.91 Å². The maximum Gasteiger partial charge on any atom is 0.326 e. The molecule has 122 valence electrons. The van der Waals surface area contributed by atoms with E-state index >= 15 is 0 Å². The van der Waals surface area contributed by atoms with Crippen LogP contribution in [0.3, 0.4) is 0 Å². The summed E-state index contributed by atoms with van der Waals surface area (Å²) in [5.74, 6) is 0.278. The lowest BCUT2D eigenvalue weighted by atomic mass is 10.2. The summed E-state index contributed by atoms with van der Waals surface area (Å²) >= 11 is 1.56. The number of para-hydroxylation sites is 1. The van der Waals surface area contributed by atoms with Crippen LogP contribution in [0, 0.1) is 6.92 Å². The third-order valence-electron chi connectivity index (χ3n) is 3.14. The van der Waals surface area contributed by atoms with Crippen LogP contribution in [-0.2, 0) is 9.59 Å². The first-order chi connectivity index (χ1) is 10.5. The zero-order valence-corrected chi connectivity index (χ0v) is 13.8. The Bertz CT molecular complexity index is 493. The molecule has 0 heterocycles. The first-order valence-electron chi connectivity index (χ1n) is 7.24. The number of carbonyl (C=O) groups is 2. The van der Waals surface area contributed by atoms with Crippen LogP contribution in [0.25, 0.3) is 0 Å². The van der Waals surface area contributed by atoms with Crippen LogP contribution in [0.4, 0.5) is 0 Å². The highest BCUT2D eigenvalue weighted by atomic mass is 32.2. The van der Waals surface area contributed by atoms with E-state index in [1.165, 1.54) is 0 Å². The Labute approximate surface area is 135 Å². The first kappa shape index (κ1) is 18.4. The molecule has 1 unspecified atom stereocenters. The van der Waals surface area contributed by atoms with Gasteiger partial charge in [-0.15, -0.1) is 0 Å². The summed E-state index contributed by atoms with van der Waals surface area (Å²) in [6.45, 7) is 2.39. The lowest BCUT2D eigenvalue weighted by Crippen LogP contribution is -2.41. The molecule has 0 radical (unpaired) electrons. The summed E-state index contributed by atoms with van der Waals surface area (Å²) in [5.41, 5.74) is 1.05. The van der Waals surface area contributed by atoms with Crippen molar-refractivity contribution in [3.8, 4) is 5.75 Å². The van der Waals surface area contributed by atoms with Gasteiger partial charge in [-0.05, 0) is 43.4 Å². The second-order valence-electron chi connectivity index (χ2n) is 4.96. The minimum absolute atomic E-state index is 0.248. The third-order valence-corrected chi connectivity index (χ3v) is 3.79. The number of amides is 1. The number of ether oxygens (including phenoxy) is 1. The van der Waals surface area contributed by atoms with Gasteiger partial charge >= 0.3 is 5.97 Å². The Morgan fingerprint density at radius 2 is 2.09 bits per heavy atom. The maximum absolute atomic E-state index is 11.8. The third kappa shape index (κ3) is 6.85. The molecule has 1 aromatic carbocycles. The van der Waals surface area contributed by atoms with Crippen LogP contribution in [0.1, 0.15) is 24.8 Å². The summed E-state index contributed by atoms with van der Waals surface area (Å²) in [5, 5.41) is 11.6. The number of carbonyl (C=O) groups excluding carboxylic acids is 1. The van der Waals surface area contributed by atoms with E-state index in [0.717, 1.165) is 11.3 Å². The number of aryl methyl sites for hydroxylation is 1. The van der Waals surface area contributed by atoms with Crippen molar-refractivity contribution in [1.82, 2.24) is 5.32 Å². The van der Waals surface area contributed by atoms with Crippen molar-refractivity contribution in [2.75, 3.05) is 18.6 Å². The topological polar surface area (TPSA) is 75.6 Å². The molecule has 1 amide bonds. The molecule has 0 fully saturated rings. The van der Waals surface area contributed by atoms with Crippen molar-refractivity contribution in [3.63, 3.8) is 0 Å². The van der Waals surface area contributed by atoms with E-state index in [0.29, 0.717) is 25.2 Å². The molecule has 1 rings (SSSR count). The van der Waals surface area contributed by atoms with Crippen molar-refractivity contribution >= 4 is 23.6 Å². The van der Waals surface area contributed by atoms with Gasteiger partial charge in [-0.3, -0.25) is 4.79 Å². The van der Waals surface area contributed by atoms with Gasteiger partial charge in [0.15, 0.2) is 0 Å². The number of carboxylic acid groups (broad SMARTS) is 1. The zero-order chi connectivity index (χ0) is 16.4. The van der Waals surface area contributed by atoms with Crippen LogP contribution < -0.4 is 10.1 Å². The average Bonchev–Trinajstić information content (AvgIpc) is 2.49. The van der Waals surface area contributed by atoms with Crippen LogP contribution in [-0.4, -0.2) is 41.6 Å². The van der Waals surface area contributed by atoms with Crippen molar-refractivity contribution in [1.29, 1.82) is 0 Å². The molecule has 0 aliphatic carbocycles. The van der Waals surface area contributed by atoms with Gasteiger partial charge in [-0.2, -0.15) is 11.8 Å². The van der Waals surface area contributed by atoms with E-state index in [1.807, 2.05) is 37.4 Å². The normalized spacial score (nSPS) is 11.7. The SMILES string of the molecule is CSCCC(NC(=O)CCCOc1ccccc1C)C(=O)O. The Balaban J connectivity index is 2.27. The second-order valence-corrected chi connectivity index (χ2v) is 5.94. The molecule has 0 aliphatic heterocycles. The predicted octanol–water partition coefficient (Wildman–Crippen LogP) is 2.48. The molecule has 5 nitrogen and oxygen atoms in total. The molecule has 22 heavy (non-hydrogen) atoms. The van der Waals surface area contributed by atoms with Gasteiger partial charge in [-0.25, -0.2) is 4.79 Å². The fraction of sp³-hybridized carbons (Fsp3) is 0.500. The molecule has 0 saturated carbocycles. The van der Waals surface area contributed by atoms with Crippen molar-refractivity contribution in [2.24, 2.45) is 0 Å². The molecular formula is C16H23NO4S. The van der Waals surface area contributed by atoms with Gasteiger partial charge in [-0.1, -0.05) is 18.2 Å².